The van der Waals surface area contributed by atoms with Crippen molar-refractivity contribution in [1.82, 2.24) is 0 Å². The first-order valence-electron chi connectivity index (χ1n) is 8.17. The molecule has 3 atom stereocenters. The third-order valence-corrected chi connectivity index (χ3v) is 8.06. The van der Waals surface area contributed by atoms with Gasteiger partial charge >= 0.3 is 30.0 Å². The van der Waals surface area contributed by atoms with Gasteiger partial charge in [0.1, 0.15) is 19.1 Å². The Kier molecular flexibility index (Phi) is 6.79. The molecule has 2 aliphatic rings. The van der Waals surface area contributed by atoms with Crippen LogP contribution in [0.3, 0.4) is 0 Å². The Balaban J connectivity index is 1.87. The van der Waals surface area contributed by atoms with E-state index in [0.29, 0.717) is 31.9 Å². The Bertz CT molecular complexity index is 608. The molecule has 2 rings (SSSR count). The normalized spacial score (nSPS) is 28.6. The van der Waals surface area contributed by atoms with Gasteiger partial charge in [0.25, 0.3) is 0 Å². The van der Waals surface area contributed by atoms with Crippen molar-refractivity contribution in [2.45, 2.75) is 66.1 Å². The monoisotopic (exact) mass is 458 g/mol. The third-order valence-electron chi connectivity index (χ3n) is 4.18. The molecule has 2 fully saturated rings. The van der Waals surface area contributed by atoms with E-state index in [0.717, 1.165) is 0 Å². The summed E-state index contributed by atoms with van der Waals surface area (Å²) in [7, 11) is 0. The van der Waals surface area contributed by atoms with E-state index >= 15 is 0 Å². The molecule has 4 nitrogen and oxygen atoms in total. The smallest absolute Gasteiger partial charge is 0.453 e. The molecule has 1 saturated heterocycles. The van der Waals surface area contributed by atoms with E-state index in [-0.39, 0.29) is 0 Å². The summed E-state index contributed by atoms with van der Waals surface area (Å²) in [5, 5.41) is -0.449. The summed E-state index contributed by atoms with van der Waals surface area (Å²) in [6, 6.07) is 0. The van der Waals surface area contributed by atoms with Crippen molar-refractivity contribution in [1.29, 1.82) is 0 Å². The minimum absolute atomic E-state index is 0.337. The number of carbonyl (C=O) groups is 2. The number of hydrogen-bond donors (Lipinski definition) is 0. The number of alkyl halides is 7. The Morgan fingerprint density at radius 2 is 1.79 bits per heavy atom. The van der Waals surface area contributed by atoms with Gasteiger partial charge in [-0.3, -0.25) is 4.79 Å². The van der Waals surface area contributed by atoms with E-state index in [1.165, 1.54) is 23.5 Å². The maximum absolute atomic E-state index is 13.1. The minimum atomic E-state index is -5.85. The van der Waals surface area contributed by atoms with Crippen molar-refractivity contribution in [3.05, 3.63) is 0 Å². The zero-order valence-corrected chi connectivity index (χ0v) is 16.1. The van der Waals surface area contributed by atoms with Gasteiger partial charge in [-0.2, -0.15) is 30.7 Å². The molecule has 1 aliphatic carbocycles. The molecule has 0 aromatic carbocycles. The van der Waals surface area contributed by atoms with Gasteiger partial charge in [-0.15, -0.1) is 23.5 Å². The van der Waals surface area contributed by atoms with E-state index in [1.54, 1.807) is 0 Å². The molecular formula is C15H17F7O4S2. The molecule has 1 spiro atoms. The van der Waals surface area contributed by atoms with Crippen LogP contribution in [0.15, 0.2) is 0 Å². The summed E-state index contributed by atoms with van der Waals surface area (Å²) in [5.41, 5.74) is 0. The highest BCUT2D eigenvalue weighted by Gasteiger charge is 2.59. The summed E-state index contributed by atoms with van der Waals surface area (Å²) < 4.78 is 96.9. The molecule has 0 aromatic rings. The average molecular weight is 458 g/mol. The average Bonchev–Trinajstić information content (AvgIpc) is 3.11. The Morgan fingerprint density at radius 1 is 1.14 bits per heavy atom. The molecule has 0 amide bonds. The summed E-state index contributed by atoms with van der Waals surface area (Å²) in [5.74, 6) is -11.8. The van der Waals surface area contributed by atoms with Crippen LogP contribution in [0, 0.1) is 0 Å². The zero-order valence-electron chi connectivity index (χ0n) is 14.5. The molecule has 1 heterocycles. The summed E-state index contributed by atoms with van der Waals surface area (Å²) in [6.07, 6.45) is -7.25. The molecule has 0 N–H and O–H groups in total. The van der Waals surface area contributed by atoms with Crippen LogP contribution in [0.4, 0.5) is 30.7 Å². The van der Waals surface area contributed by atoms with Gasteiger partial charge in [0.05, 0.1) is 4.08 Å². The highest BCUT2D eigenvalue weighted by atomic mass is 32.2. The fourth-order valence-electron chi connectivity index (χ4n) is 2.78. The zero-order chi connectivity index (χ0) is 21.4. The Morgan fingerprint density at radius 3 is 2.36 bits per heavy atom. The molecule has 0 aromatic heterocycles. The van der Waals surface area contributed by atoms with Crippen molar-refractivity contribution in [3.8, 4) is 0 Å². The summed E-state index contributed by atoms with van der Waals surface area (Å²) >= 11 is 2.51. The first-order chi connectivity index (χ1) is 12.7. The standard InChI is InChI=1S/C15H17F7O4S2/c1-12(16,17)11(24)26-9-3-2-4-13(9)27-7-8(28-13)6-25-10(23)5-14(18,19)15(20,21)22/h8-9H,2-7H2,1H3. The van der Waals surface area contributed by atoms with E-state index in [1.807, 2.05) is 0 Å². The maximum Gasteiger partial charge on any atom is 0.453 e. The highest BCUT2D eigenvalue weighted by Crippen LogP contribution is 2.58. The van der Waals surface area contributed by atoms with Crippen LogP contribution < -0.4 is 0 Å². The second-order valence-corrected chi connectivity index (χ2v) is 9.84. The largest absolute Gasteiger partial charge is 0.464 e. The molecule has 0 radical (unpaired) electrons. The van der Waals surface area contributed by atoms with Gasteiger partial charge < -0.3 is 9.47 Å². The van der Waals surface area contributed by atoms with Crippen LogP contribution in [0.2, 0.25) is 0 Å². The Labute approximate surface area is 164 Å². The number of rotatable bonds is 6. The van der Waals surface area contributed by atoms with Gasteiger partial charge in [0.15, 0.2) is 0 Å². The Hall–Kier alpha value is -0.850. The SMILES string of the molecule is CC(F)(F)C(=O)OC1CCCC12SCC(COC(=O)CC(F)(F)C(F)(F)F)S2. The van der Waals surface area contributed by atoms with Gasteiger partial charge in [-0.25, -0.2) is 4.79 Å². The number of ether oxygens (including phenoxy) is 2. The van der Waals surface area contributed by atoms with Gasteiger partial charge in [-0.1, -0.05) is 0 Å². The van der Waals surface area contributed by atoms with Crippen LogP contribution in [-0.2, 0) is 19.1 Å². The van der Waals surface area contributed by atoms with Crippen LogP contribution in [-0.4, -0.2) is 57.8 Å². The van der Waals surface area contributed by atoms with Gasteiger partial charge in [0, 0.05) is 17.9 Å². The van der Waals surface area contributed by atoms with Crippen LogP contribution >= 0.6 is 23.5 Å². The van der Waals surface area contributed by atoms with Crippen LogP contribution in [0.5, 0.6) is 0 Å². The summed E-state index contributed by atoms with van der Waals surface area (Å²) in [6.45, 7) is 0.0155. The van der Waals surface area contributed by atoms with Crippen LogP contribution in [0.1, 0.15) is 32.6 Å². The lowest BCUT2D eigenvalue weighted by Crippen LogP contribution is -2.39. The molecule has 3 unspecified atom stereocenters. The predicted octanol–water partition coefficient (Wildman–Crippen LogP) is 4.41. The molecular weight excluding hydrogens is 441 g/mol. The maximum atomic E-state index is 13.1. The number of esters is 2. The van der Waals surface area contributed by atoms with Gasteiger partial charge in [-0.05, 0) is 19.3 Å². The second-order valence-electron chi connectivity index (χ2n) is 6.60. The predicted molar refractivity (Wildman–Crippen MR) is 87.5 cm³/mol. The third kappa shape index (κ3) is 5.39. The fraction of sp³-hybridized carbons (Fsp3) is 0.867. The molecule has 1 saturated carbocycles. The first kappa shape index (κ1) is 23.4. The van der Waals surface area contributed by atoms with Crippen LogP contribution in [0.25, 0.3) is 0 Å². The number of hydrogen-bond acceptors (Lipinski definition) is 6. The van der Waals surface area contributed by atoms with Crippen molar-refractivity contribution in [3.63, 3.8) is 0 Å². The van der Waals surface area contributed by atoms with E-state index in [9.17, 15) is 40.3 Å². The molecule has 13 heteroatoms. The van der Waals surface area contributed by atoms with E-state index in [2.05, 4.69) is 4.74 Å². The van der Waals surface area contributed by atoms with E-state index in [4.69, 9.17) is 4.74 Å². The lowest BCUT2D eigenvalue weighted by Gasteiger charge is -2.30. The molecule has 0 bridgehead atoms. The van der Waals surface area contributed by atoms with Crippen molar-refractivity contribution < 1.29 is 49.8 Å². The lowest BCUT2D eigenvalue weighted by molar-refractivity contribution is -0.283. The number of carbonyl (C=O) groups excluding carboxylic acids is 2. The molecule has 1 aliphatic heterocycles. The summed E-state index contributed by atoms with van der Waals surface area (Å²) in [4.78, 5) is 22.8. The van der Waals surface area contributed by atoms with Gasteiger partial charge in [0.2, 0.25) is 0 Å². The first-order valence-corrected chi connectivity index (χ1v) is 10.0. The number of thioether (sulfide) groups is 2. The van der Waals surface area contributed by atoms with Crippen molar-refractivity contribution in [2.75, 3.05) is 12.4 Å². The lowest BCUT2D eigenvalue weighted by atomic mass is 10.2. The molecule has 28 heavy (non-hydrogen) atoms. The second kappa shape index (κ2) is 8.11. The van der Waals surface area contributed by atoms with E-state index < -0.39 is 58.4 Å². The fourth-order valence-corrected chi connectivity index (χ4v) is 6.63. The van der Waals surface area contributed by atoms with Crippen molar-refractivity contribution in [2.24, 2.45) is 0 Å². The molecule has 162 valence electrons. The van der Waals surface area contributed by atoms with Crippen molar-refractivity contribution >= 4 is 35.5 Å². The quantitative estimate of drug-likeness (QED) is 0.434. The minimum Gasteiger partial charge on any atom is -0.464 e. The number of halogens is 7. The highest BCUT2D eigenvalue weighted by molar-refractivity contribution is 8.21. The topological polar surface area (TPSA) is 52.6 Å².